The summed E-state index contributed by atoms with van der Waals surface area (Å²) in [7, 11) is 0. The van der Waals surface area contributed by atoms with Gasteiger partial charge >= 0.3 is 0 Å². The van der Waals surface area contributed by atoms with Gasteiger partial charge in [-0.1, -0.05) is 6.07 Å². The van der Waals surface area contributed by atoms with Gasteiger partial charge in [0.05, 0.1) is 5.69 Å². The first-order valence-electron chi connectivity index (χ1n) is 5.15. The van der Waals surface area contributed by atoms with E-state index >= 15 is 0 Å². The molecule has 1 aliphatic heterocycles. The van der Waals surface area contributed by atoms with Crippen LogP contribution in [-0.2, 0) is 0 Å². The van der Waals surface area contributed by atoms with Crippen molar-refractivity contribution in [3.05, 3.63) is 29.6 Å². The third kappa shape index (κ3) is 2.40. The van der Waals surface area contributed by atoms with Crippen LogP contribution in [0.1, 0.15) is 23.2 Å². The predicted octanol–water partition coefficient (Wildman–Crippen LogP) is 2.49. The fourth-order valence-corrected chi connectivity index (χ4v) is 1.90. The van der Waals surface area contributed by atoms with Crippen LogP contribution in [0.3, 0.4) is 0 Å². The number of para-hydroxylation sites is 1. The van der Waals surface area contributed by atoms with E-state index in [1.807, 2.05) is 4.90 Å². The summed E-state index contributed by atoms with van der Waals surface area (Å²) >= 11 is 0. The van der Waals surface area contributed by atoms with E-state index in [0.29, 0.717) is 11.3 Å². The maximum absolute atomic E-state index is 13.5. The normalized spacial score (nSPS) is 14.1. The summed E-state index contributed by atoms with van der Waals surface area (Å²) in [4.78, 5) is 12.7. The molecular weight excluding hydrogens is 205 g/mol. The standard InChI is InChI=1S/C11H12FNO.C2H2/c12-10-5-3-4-9(8-14)11(10)13-6-1-2-7-13;1-2/h3-5,8H,1-2,6-7H2;1-2H. The van der Waals surface area contributed by atoms with E-state index < -0.39 is 0 Å². The molecule has 0 N–H and O–H groups in total. The third-order valence-electron chi connectivity index (χ3n) is 2.57. The number of carbonyl (C=O) groups excluding carboxylic acids is 1. The summed E-state index contributed by atoms with van der Waals surface area (Å²) in [6, 6.07) is 4.63. The summed E-state index contributed by atoms with van der Waals surface area (Å²) in [6.07, 6.45) is 10.9. The average Bonchev–Trinajstić information content (AvgIpc) is 2.84. The molecule has 1 heterocycles. The Balaban J connectivity index is 0.000000606. The van der Waals surface area contributed by atoms with Crippen LogP contribution < -0.4 is 4.90 Å². The number of hydrogen-bond acceptors (Lipinski definition) is 2. The number of rotatable bonds is 2. The molecular formula is C13H14FNO. The highest BCUT2D eigenvalue weighted by Crippen LogP contribution is 2.26. The number of halogens is 1. The van der Waals surface area contributed by atoms with E-state index in [-0.39, 0.29) is 5.82 Å². The zero-order valence-electron chi connectivity index (χ0n) is 9.03. The van der Waals surface area contributed by atoms with E-state index in [4.69, 9.17) is 0 Å². The predicted molar refractivity (Wildman–Crippen MR) is 63.1 cm³/mol. The molecule has 0 aromatic heterocycles. The minimum Gasteiger partial charge on any atom is -0.369 e. The number of anilines is 1. The molecule has 0 unspecified atom stereocenters. The maximum Gasteiger partial charge on any atom is 0.152 e. The third-order valence-corrected chi connectivity index (χ3v) is 2.57. The Morgan fingerprint density at radius 3 is 2.44 bits per heavy atom. The Morgan fingerprint density at radius 1 is 1.25 bits per heavy atom. The number of terminal acetylenes is 1. The molecule has 0 atom stereocenters. The van der Waals surface area contributed by atoms with Gasteiger partial charge < -0.3 is 4.90 Å². The number of hydrogen-bond donors (Lipinski definition) is 0. The quantitative estimate of drug-likeness (QED) is 0.562. The molecule has 2 rings (SSSR count). The molecule has 1 aliphatic rings. The summed E-state index contributed by atoms with van der Waals surface area (Å²) in [5.74, 6) is -0.295. The zero-order valence-corrected chi connectivity index (χ0v) is 9.03. The Labute approximate surface area is 95.1 Å². The van der Waals surface area contributed by atoms with Crippen molar-refractivity contribution >= 4 is 12.0 Å². The van der Waals surface area contributed by atoms with Gasteiger partial charge in [0.2, 0.25) is 0 Å². The zero-order chi connectivity index (χ0) is 12.0. The van der Waals surface area contributed by atoms with Crippen molar-refractivity contribution in [1.82, 2.24) is 0 Å². The van der Waals surface area contributed by atoms with Crippen molar-refractivity contribution < 1.29 is 9.18 Å². The molecule has 0 radical (unpaired) electrons. The van der Waals surface area contributed by atoms with E-state index in [1.54, 1.807) is 12.1 Å². The summed E-state index contributed by atoms with van der Waals surface area (Å²) in [6.45, 7) is 1.70. The highest BCUT2D eigenvalue weighted by molar-refractivity contribution is 5.84. The van der Waals surface area contributed by atoms with E-state index in [1.165, 1.54) is 6.07 Å². The van der Waals surface area contributed by atoms with Gasteiger partial charge in [-0.15, -0.1) is 12.8 Å². The van der Waals surface area contributed by atoms with Crippen LogP contribution in [0.4, 0.5) is 10.1 Å². The minimum atomic E-state index is -0.295. The second-order valence-electron chi connectivity index (χ2n) is 3.49. The molecule has 2 nitrogen and oxygen atoms in total. The second-order valence-corrected chi connectivity index (χ2v) is 3.49. The molecule has 0 amide bonds. The fraction of sp³-hybridized carbons (Fsp3) is 0.308. The Kier molecular flexibility index (Phi) is 4.53. The summed E-state index contributed by atoms with van der Waals surface area (Å²) in [5, 5.41) is 0. The molecule has 0 aliphatic carbocycles. The Bertz CT molecular complexity index is 381. The maximum atomic E-state index is 13.5. The highest BCUT2D eigenvalue weighted by atomic mass is 19.1. The van der Waals surface area contributed by atoms with Crippen LogP contribution in [0.5, 0.6) is 0 Å². The number of carbonyl (C=O) groups is 1. The van der Waals surface area contributed by atoms with Gasteiger partial charge in [0, 0.05) is 18.7 Å². The van der Waals surface area contributed by atoms with Crippen molar-refractivity contribution in [1.29, 1.82) is 0 Å². The largest absolute Gasteiger partial charge is 0.369 e. The number of benzene rings is 1. The van der Waals surface area contributed by atoms with Gasteiger partial charge in [0.1, 0.15) is 5.82 Å². The molecule has 1 aromatic carbocycles. The van der Waals surface area contributed by atoms with Gasteiger partial charge in [0.15, 0.2) is 6.29 Å². The van der Waals surface area contributed by atoms with Crippen LogP contribution >= 0.6 is 0 Å². The summed E-state index contributed by atoms with van der Waals surface area (Å²) in [5.41, 5.74) is 0.923. The number of nitrogens with zero attached hydrogens (tertiary/aromatic N) is 1. The van der Waals surface area contributed by atoms with Crippen LogP contribution in [0.15, 0.2) is 18.2 Å². The van der Waals surface area contributed by atoms with Gasteiger partial charge in [-0.2, -0.15) is 0 Å². The van der Waals surface area contributed by atoms with Crippen molar-refractivity contribution in [3.8, 4) is 12.8 Å². The van der Waals surface area contributed by atoms with E-state index in [0.717, 1.165) is 32.2 Å². The fourth-order valence-electron chi connectivity index (χ4n) is 1.90. The lowest BCUT2D eigenvalue weighted by Crippen LogP contribution is -2.20. The van der Waals surface area contributed by atoms with E-state index in [2.05, 4.69) is 12.8 Å². The lowest BCUT2D eigenvalue weighted by molar-refractivity contribution is 0.112. The molecule has 3 heteroatoms. The molecule has 0 spiro atoms. The molecule has 0 bridgehead atoms. The first kappa shape index (κ1) is 12.3. The average molecular weight is 219 g/mol. The highest BCUT2D eigenvalue weighted by Gasteiger charge is 2.18. The van der Waals surface area contributed by atoms with Crippen LogP contribution in [0.2, 0.25) is 0 Å². The minimum absolute atomic E-state index is 0.295. The van der Waals surface area contributed by atoms with Crippen LogP contribution in [0.25, 0.3) is 0 Å². The van der Waals surface area contributed by atoms with E-state index in [9.17, 15) is 9.18 Å². The monoisotopic (exact) mass is 219 g/mol. The smallest absolute Gasteiger partial charge is 0.152 e. The number of aldehydes is 1. The molecule has 1 fully saturated rings. The van der Waals surface area contributed by atoms with Crippen molar-refractivity contribution in [2.45, 2.75) is 12.8 Å². The molecule has 0 saturated carbocycles. The Hall–Kier alpha value is -1.82. The van der Waals surface area contributed by atoms with Crippen LogP contribution in [-0.4, -0.2) is 19.4 Å². The summed E-state index contributed by atoms with van der Waals surface area (Å²) < 4.78 is 13.5. The van der Waals surface area contributed by atoms with Crippen molar-refractivity contribution in [2.75, 3.05) is 18.0 Å². The van der Waals surface area contributed by atoms with Gasteiger partial charge in [-0.3, -0.25) is 4.79 Å². The van der Waals surface area contributed by atoms with Gasteiger partial charge in [-0.05, 0) is 25.0 Å². The van der Waals surface area contributed by atoms with Crippen molar-refractivity contribution in [2.24, 2.45) is 0 Å². The lowest BCUT2D eigenvalue weighted by Gasteiger charge is -2.19. The first-order chi connectivity index (χ1) is 7.83. The van der Waals surface area contributed by atoms with Crippen molar-refractivity contribution in [3.63, 3.8) is 0 Å². The molecule has 1 aromatic rings. The topological polar surface area (TPSA) is 20.3 Å². The molecule has 16 heavy (non-hydrogen) atoms. The van der Waals surface area contributed by atoms with Crippen LogP contribution in [0, 0.1) is 18.7 Å². The second kappa shape index (κ2) is 5.92. The lowest BCUT2D eigenvalue weighted by atomic mass is 10.1. The van der Waals surface area contributed by atoms with Gasteiger partial charge in [0.25, 0.3) is 0 Å². The molecule has 84 valence electrons. The SMILES string of the molecule is C#C.O=Cc1cccc(F)c1N1CCCC1. The molecule has 1 saturated heterocycles. The first-order valence-corrected chi connectivity index (χ1v) is 5.15. The Morgan fingerprint density at radius 2 is 1.88 bits per heavy atom. The van der Waals surface area contributed by atoms with Gasteiger partial charge in [-0.25, -0.2) is 4.39 Å².